The first-order chi connectivity index (χ1) is 11.0. The van der Waals surface area contributed by atoms with Crippen molar-refractivity contribution in [3.63, 3.8) is 0 Å². The van der Waals surface area contributed by atoms with Crippen molar-refractivity contribution < 1.29 is 30.0 Å². The molecule has 0 aromatic rings. The molecule has 23 heavy (non-hydrogen) atoms. The first-order valence-corrected chi connectivity index (χ1v) is 8.21. The number of aliphatic hydroxyl groups is 4. The Balaban J connectivity index is 2.11. The summed E-state index contributed by atoms with van der Waals surface area (Å²) in [5.74, 6) is -0.686. The van der Waals surface area contributed by atoms with Gasteiger partial charge in [-0.2, -0.15) is 0 Å². The van der Waals surface area contributed by atoms with E-state index in [4.69, 9.17) is 9.84 Å². The van der Waals surface area contributed by atoms with E-state index >= 15 is 0 Å². The van der Waals surface area contributed by atoms with Crippen LogP contribution in [0.5, 0.6) is 0 Å². The topological polar surface area (TPSA) is 107 Å². The summed E-state index contributed by atoms with van der Waals surface area (Å²) in [6, 6.07) is 0. The van der Waals surface area contributed by atoms with E-state index in [1.807, 2.05) is 12.2 Å². The van der Waals surface area contributed by atoms with E-state index in [2.05, 4.69) is 0 Å². The summed E-state index contributed by atoms with van der Waals surface area (Å²) in [5.41, 5.74) is 0. The number of carbonyl (C=O) groups is 1. The van der Waals surface area contributed by atoms with Crippen LogP contribution in [0.25, 0.3) is 0 Å². The van der Waals surface area contributed by atoms with Gasteiger partial charge in [0.05, 0.1) is 18.8 Å². The van der Waals surface area contributed by atoms with Crippen LogP contribution in [0, 0.1) is 11.8 Å². The summed E-state index contributed by atoms with van der Waals surface area (Å²) in [6.45, 7) is -0.470. The predicted molar refractivity (Wildman–Crippen MR) is 83.3 cm³/mol. The van der Waals surface area contributed by atoms with Gasteiger partial charge in [-0.3, -0.25) is 0 Å². The number of esters is 1. The molecule has 6 nitrogen and oxygen atoms in total. The Morgan fingerprint density at radius 1 is 1.26 bits per heavy atom. The minimum Gasteiger partial charge on any atom is -0.456 e. The van der Waals surface area contributed by atoms with Gasteiger partial charge in [-0.05, 0) is 50.0 Å². The molecular formula is C17H26O6. The van der Waals surface area contributed by atoms with Crippen LogP contribution in [-0.2, 0) is 9.53 Å². The fourth-order valence-corrected chi connectivity index (χ4v) is 3.35. The Labute approximate surface area is 136 Å². The smallest absolute Gasteiger partial charge is 0.330 e. The molecule has 0 aromatic carbocycles. The van der Waals surface area contributed by atoms with Crippen molar-refractivity contribution in [1.82, 2.24) is 0 Å². The lowest BCUT2D eigenvalue weighted by Gasteiger charge is -2.21. The molecule has 1 saturated carbocycles. The lowest BCUT2D eigenvalue weighted by molar-refractivity contribution is -0.151. The summed E-state index contributed by atoms with van der Waals surface area (Å²) in [7, 11) is 0. The van der Waals surface area contributed by atoms with E-state index in [0.717, 1.165) is 12.5 Å². The SMILES string of the molecule is O=C1/C=C/[C@@H](O)[C@@H]2C[C@@H](O)C[C@H]2/C=C/CCC[C@@H]([C@@H](O)CO)O1. The van der Waals surface area contributed by atoms with Crippen LogP contribution in [-0.4, -0.2) is 57.4 Å². The predicted octanol–water partition coefficient (Wildman–Crippen LogP) is 0.296. The maximum absolute atomic E-state index is 11.8. The van der Waals surface area contributed by atoms with E-state index in [0.29, 0.717) is 25.7 Å². The fourth-order valence-electron chi connectivity index (χ4n) is 3.35. The van der Waals surface area contributed by atoms with E-state index < -0.39 is 37.0 Å². The summed E-state index contributed by atoms with van der Waals surface area (Å²) >= 11 is 0. The summed E-state index contributed by atoms with van der Waals surface area (Å²) in [6.07, 6.45) is 6.45. The zero-order valence-corrected chi connectivity index (χ0v) is 13.1. The highest BCUT2D eigenvalue weighted by molar-refractivity contribution is 5.82. The molecule has 0 aromatic heterocycles. The van der Waals surface area contributed by atoms with Crippen molar-refractivity contribution in [3.8, 4) is 0 Å². The van der Waals surface area contributed by atoms with Gasteiger partial charge in [-0.25, -0.2) is 4.79 Å². The zero-order valence-electron chi connectivity index (χ0n) is 13.1. The third-order valence-electron chi connectivity index (χ3n) is 4.63. The summed E-state index contributed by atoms with van der Waals surface area (Å²) in [5, 5.41) is 38.9. The lowest BCUT2D eigenvalue weighted by Crippen LogP contribution is -2.33. The number of fused-ring (bicyclic) bond motifs is 1. The van der Waals surface area contributed by atoms with Crippen LogP contribution >= 0.6 is 0 Å². The van der Waals surface area contributed by atoms with E-state index in [1.54, 1.807) is 0 Å². The number of ether oxygens (including phenoxy) is 1. The second kappa shape index (κ2) is 8.59. The average molecular weight is 326 g/mol. The number of allylic oxidation sites excluding steroid dienone is 2. The van der Waals surface area contributed by atoms with Crippen LogP contribution in [0.3, 0.4) is 0 Å². The molecule has 0 saturated heterocycles. The molecule has 0 unspecified atom stereocenters. The van der Waals surface area contributed by atoms with Crippen molar-refractivity contribution in [2.24, 2.45) is 11.8 Å². The monoisotopic (exact) mass is 326 g/mol. The summed E-state index contributed by atoms with van der Waals surface area (Å²) in [4.78, 5) is 11.8. The zero-order chi connectivity index (χ0) is 16.8. The molecule has 2 rings (SSSR count). The molecule has 2 aliphatic rings. The highest BCUT2D eigenvalue weighted by Crippen LogP contribution is 2.36. The summed E-state index contributed by atoms with van der Waals surface area (Å²) < 4.78 is 5.18. The minimum absolute atomic E-state index is 0.0836. The molecule has 4 N–H and O–H groups in total. The highest BCUT2D eigenvalue weighted by Gasteiger charge is 2.35. The molecule has 6 heteroatoms. The van der Waals surface area contributed by atoms with E-state index in [-0.39, 0.29) is 11.8 Å². The van der Waals surface area contributed by atoms with Crippen LogP contribution < -0.4 is 0 Å². The van der Waals surface area contributed by atoms with Gasteiger partial charge in [0.2, 0.25) is 0 Å². The molecule has 1 fully saturated rings. The molecular weight excluding hydrogens is 300 g/mol. The van der Waals surface area contributed by atoms with Crippen molar-refractivity contribution in [2.45, 2.75) is 56.5 Å². The number of aliphatic hydroxyl groups excluding tert-OH is 4. The van der Waals surface area contributed by atoms with Gasteiger partial charge in [0.1, 0.15) is 12.2 Å². The number of hydrogen-bond acceptors (Lipinski definition) is 6. The van der Waals surface area contributed by atoms with Gasteiger partial charge < -0.3 is 25.2 Å². The maximum Gasteiger partial charge on any atom is 0.330 e. The second-order valence-corrected chi connectivity index (χ2v) is 6.39. The number of carbonyl (C=O) groups excluding carboxylic acids is 1. The molecule has 0 radical (unpaired) electrons. The second-order valence-electron chi connectivity index (χ2n) is 6.39. The number of rotatable bonds is 2. The van der Waals surface area contributed by atoms with Gasteiger partial charge in [-0.1, -0.05) is 12.2 Å². The van der Waals surface area contributed by atoms with Crippen molar-refractivity contribution in [2.75, 3.05) is 6.61 Å². The lowest BCUT2D eigenvalue weighted by atomic mass is 9.90. The molecule has 0 spiro atoms. The van der Waals surface area contributed by atoms with Crippen LogP contribution in [0.2, 0.25) is 0 Å². The van der Waals surface area contributed by atoms with Crippen molar-refractivity contribution in [1.29, 1.82) is 0 Å². The largest absolute Gasteiger partial charge is 0.456 e. The molecule has 0 amide bonds. The van der Waals surface area contributed by atoms with Crippen LogP contribution in [0.15, 0.2) is 24.3 Å². The quantitative estimate of drug-likeness (QED) is 0.429. The fraction of sp³-hybridized carbons (Fsp3) is 0.706. The number of hydrogen-bond donors (Lipinski definition) is 4. The molecule has 130 valence electrons. The normalized spacial score (nSPS) is 40.0. The Hall–Kier alpha value is -1.21. The third-order valence-corrected chi connectivity index (χ3v) is 4.63. The van der Waals surface area contributed by atoms with Gasteiger partial charge in [0.15, 0.2) is 0 Å². The Kier molecular flexibility index (Phi) is 6.77. The Morgan fingerprint density at radius 2 is 2.04 bits per heavy atom. The van der Waals surface area contributed by atoms with E-state index in [9.17, 15) is 20.1 Å². The molecule has 1 aliphatic carbocycles. The molecule has 1 aliphatic heterocycles. The standard InChI is InChI=1S/C17H26O6/c18-10-15(21)16-5-3-1-2-4-11-8-12(19)9-13(11)14(20)6-7-17(22)23-16/h2,4,6-7,11-16,18-21H,1,3,5,8-10H2/b4-2+,7-6+/t11-,12+,13-,14-,15+,16+/m1/s1. The van der Waals surface area contributed by atoms with Gasteiger partial charge in [0, 0.05) is 6.08 Å². The van der Waals surface area contributed by atoms with Crippen molar-refractivity contribution >= 4 is 5.97 Å². The van der Waals surface area contributed by atoms with Gasteiger partial charge >= 0.3 is 5.97 Å². The van der Waals surface area contributed by atoms with Gasteiger partial charge in [0.25, 0.3) is 0 Å². The van der Waals surface area contributed by atoms with Gasteiger partial charge in [-0.15, -0.1) is 0 Å². The molecule has 1 heterocycles. The molecule has 6 atom stereocenters. The van der Waals surface area contributed by atoms with Crippen LogP contribution in [0.1, 0.15) is 32.1 Å². The third kappa shape index (κ3) is 5.14. The first kappa shape index (κ1) is 18.1. The minimum atomic E-state index is -1.11. The Morgan fingerprint density at radius 3 is 2.78 bits per heavy atom. The number of cyclic esters (lactones) is 1. The first-order valence-electron chi connectivity index (χ1n) is 8.21. The maximum atomic E-state index is 11.8. The highest BCUT2D eigenvalue weighted by atomic mass is 16.6. The van der Waals surface area contributed by atoms with Crippen LogP contribution in [0.4, 0.5) is 0 Å². The van der Waals surface area contributed by atoms with E-state index in [1.165, 1.54) is 6.08 Å². The Bertz CT molecular complexity index is 446. The van der Waals surface area contributed by atoms with Crippen molar-refractivity contribution in [3.05, 3.63) is 24.3 Å². The average Bonchev–Trinajstić information content (AvgIpc) is 2.90. The molecule has 0 bridgehead atoms.